The maximum atomic E-state index is 11.3. The maximum absolute atomic E-state index is 11.3. The van der Waals surface area contributed by atoms with Crippen LogP contribution in [-0.4, -0.2) is 39.7 Å². The summed E-state index contributed by atoms with van der Waals surface area (Å²) in [7, 11) is 0. The first-order chi connectivity index (χ1) is 8.27. The summed E-state index contributed by atoms with van der Waals surface area (Å²) in [6, 6.07) is 7.13. The summed E-state index contributed by atoms with van der Waals surface area (Å²) in [5, 5.41) is 12.3. The van der Waals surface area contributed by atoms with Crippen LogP contribution in [0.2, 0.25) is 0 Å². The van der Waals surface area contributed by atoms with E-state index < -0.39 is 6.09 Å². The summed E-state index contributed by atoms with van der Waals surface area (Å²) < 4.78 is 1.16. The van der Waals surface area contributed by atoms with Crippen molar-refractivity contribution in [3.05, 3.63) is 30.1 Å². The predicted molar refractivity (Wildman–Crippen MR) is 62.6 cm³/mol. The average molecular weight is 230 g/mol. The van der Waals surface area contributed by atoms with Crippen LogP contribution in [0.5, 0.6) is 0 Å². The lowest BCUT2D eigenvalue weighted by Crippen LogP contribution is -2.25. The first kappa shape index (κ1) is 9.83. The molecule has 0 saturated heterocycles. The summed E-state index contributed by atoms with van der Waals surface area (Å²) in [5.74, 6) is 0.903. The van der Waals surface area contributed by atoms with Crippen molar-refractivity contribution in [3.8, 4) is 0 Å². The zero-order chi connectivity index (χ0) is 11.8. The molecular formula is C11H10N4O2. The molecule has 0 unspecified atom stereocenters. The normalized spacial score (nSPS) is 14.7. The third-order valence-electron chi connectivity index (χ3n) is 2.64. The number of amidine groups is 1. The molecule has 86 valence electrons. The minimum absolute atomic E-state index is 0.358. The Balaban J connectivity index is 2.29. The van der Waals surface area contributed by atoms with Crippen molar-refractivity contribution in [1.29, 1.82) is 0 Å². The van der Waals surface area contributed by atoms with Crippen LogP contribution in [0, 0.1) is 0 Å². The van der Waals surface area contributed by atoms with Crippen LogP contribution in [0.25, 0.3) is 11.0 Å². The molecule has 6 nitrogen and oxygen atoms in total. The van der Waals surface area contributed by atoms with Crippen LogP contribution in [-0.2, 0) is 0 Å². The summed E-state index contributed by atoms with van der Waals surface area (Å²) in [5.41, 5.74) is 1.23. The van der Waals surface area contributed by atoms with Crippen molar-refractivity contribution in [2.45, 2.75) is 0 Å². The van der Waals surface area contributed by atoms with E-state index in [-0.39, 0.29) is 0 Å². The van der Waals surface area contributed by atoms with Gasteiger partial charge in [0, 0.05) is 6.54 Å². The van der Waals surface area contributed by atoms with Gasteiger partial charge >= 0.3 is 6.09 Å². The minimum atomic E-state index is -1.05. The number of para-hydroxylation sites is 2. The molecule has 17 heavy (non-hydrogen) atoms. The molecule has 0 radical (unpaired) electrons. The minimum Gasteiger partial charge on any atom is -0.464 e. The molecule has 0 saturated carbocycles. The Kier molecular flexibility index (Phi) is 2.07. The first-order valence-corrected chi connectivity index (χ1v) is 5.27. The summed E-state index contributed by atoms with van der Waals surface area (Å²) in [4.78, 5) is 19.8. The second-order valence-corrected chi connectivity index (χ2v) is 3.70. The molecule has 2 N–H and O–H groups in total. The lowest BCUT2D eigenvalue weighted by atomic mass is 10.3. The maximum Gasteiger partial charge on any atom is 0.417 e. The van der Waals surface area contributed by atoms with Gasteiger partial charge in [0.2, 0.25) is 0 Å². The number of hydrogen-bond donors (Lipinski definition) is 2. The lowest BCUT2D eigenvalue weighted by molar-refractivity contribution is 0.197. The van der Waals surface area contributed by atoms with Crippen molar-refractivity contribution in [3.63, 3.8) is 0 Å². The molecule has 1 aromatic carbocycles. The Bertz CT molecular complexity index is 629. The van der Waals surface area contributed by atoms with Gasteiger partial charge in [-0.3, -0.25) is 4.99 Å². The number of hydrogen-bond acceptors (Lipinski definition) is 4. The zero-order valence-corrected chi connectivity index (χ0v) is 8.92. The van der Waals surface area contributed by atoms with Gasteiger partial charge in [0.25, 0.3) is 0 Å². The van der Waals surface area contributed by atoms with Gasteiger partial charge in [-0.15, -0.1) is 0 Å². The predicted octanol–water partition coefficient (Wildman–Crippen LogP) is 0.912. The molecule has 3 rings (SSSR count). The number of carboxylic acid groups (broad SMARTS) is 1. The largest absolute Gasteiger partial charge is 0.464 e. The van der Waals surface area contributed by atoms with Crippen molar-refractivity contribution in [2.24, 2.45) is 4.99 Å². The quantitative estimate of drug-likeness (QED) is 0.763. The molecule has 0 aliphatic carbocycles. The number of aromatic nitrogens is 2. The van der Waals surface area contributed by atoms with Gasteiger partial charge in [-0.25, -0.2) is 14.3 Å². The number of aliphatic imine (C=N–C) groups is 1. The number of benzene rings is 1. The fraction of sp³-hybridized carbons (Fsp3) is 0.182. The highest BCUT2D eigenvalue weighted by molar-refractivity contribution is 6.03. The van der Waals surface area contributed by atoms with Crippen molar-refractivity contribution in [1.82, 2.24) is 14.9 Å². The van der Waals surface area contributed by atoms with Crippen molar-refractivity contribution in [2.75, 3.05) is 13.1 Å². The lowest BCUT2D eigenvalue weighted by Gasteiger charge is -2.03. The molecule has 0 spiro atoms. The van der Waals surface area contributed by atoms with Gasteiger partial charge in [-0.1, -0.05) is 12.1 Å². The number of rotatable bonds is 1. The van der Waals surface area contributed by atoms with Gasteiger partial charge in [-0.05, 0) is 12.1 Å². The van der Waals surface area contributed by atoms with Crippen LogP contribution >= 0.6 is 0 Å². The Morgan fingerprint density at radius 1 is 1.41 bits per heavy atom. The highest BCUT2D eigenvalue weighted by Gasteiger charge is 2.21. The highest BCUT2D eigenvalue weighted by atomic mass is 16.4. The topological polar surface area (TPSA) is 79.5 Å². The highest BCUT2D eigenvalue weighted by Crippen LogP contribution is 2.16. The molecule has 1 aromatic heterocycles. The SMILES string of the molecule is O=C(O)n1c(C2=NCCN2)nc2ccccc21. The van der Waals surface area contributed by atoms with Gasteiger partial charge in [0.05, 0.1) is 17.6 Å². The van der Waals surface area contributed by atoms with E-state index in [2.05, 4.69) is 15.3 Å². The number of carbonyl (C=O) groups is 1. The molecule has 0 atom stereocenters. The fourth-order valence-electron chi connectivity index (χ4n) is 1.93. The second-order valence-electron chi connectivity index (χ2n) is 3.70. The molecule has 1 aliphatic heterocycles. The molecule has 2 heterocycles. The Labute approximate surface area is 96.6 Å². The smallest absolute Gasteiger partial charge is 0.417 e. The van der Waals surface area contributed by atoms with Crippen LogP contribution < -0.4 is 5.32 Å². The van der Waals surface area contributed by atoms with Crippen LogP contribution in [0.3, 0.4) is 0 Å². The third-order valence-corrected chi connectivity index (χ3v) is 2.64. The average Bonchev–Trinajstić information content (AvgIpc) is 2.95. The zero-order valence-electron chi connectivity index (χ0n) is 8.92. The number of nitrogens with one attached hydrogen (secondary N) is 1. The Morgan fingerprint density at radius 2 is 2.24 bits per heavy atom. The molecule has 6 heteroatoms. The third kappa shape index (κ3) is 1.45. The summed E-state index contributed by atoms with van der Waals surface area (Å²) >= 11 is 0. The number of nitrogens with zero attached hydrogens (tertiary/aromatic N) is 3. The van der Waals surface area contributed by atoms with E-state index in [4.69, 9.17) is 0 Å². The summed E-state index contributed by atoms with van der Waals surface area (Å²) in [6.07, 6.45) is -1.05. The van der Waals surface area contributed by atoms with E-state index in [0.717, 1.165) is 11.1 Å². The van der Waals surface area contributed by atoms with Crippen LogP contribution in [0.1, 0.15) is 5.82 Å². The molecule has 1 aliphatic rings. The molecule has 2 aromatic rings. The number of imidazole rings is 1. The van der Waals surface area contributed by atoms with Gasteiger partial charge in [0.1, 0.15) is 0 Å². The summed E-state index contributed by atoms with van der Waals surface area (Å²) in [6.45, 7) is 1.37. The van der Waals surface area contributed by atoms with Crippen molar-refractivity contribution >= 4 is 23.0 Å². The Hall–Kier alpha value is -2.37. The van der Waals surface area contributed by atoms with Crippen molar-refractivity contribution < 1.29 is 9.90 Å². The van der Waals surface area contributed by atoms with Gasteiger partial charge < -0.3 is 10.4 Å². The molecular weight excluding hydrogens is 220 g/mol. The first-order valence-electron chi connectivity index (χ1n) is 5.27. The van der Waals surface area contributed by atoms with Gasteiger partial charge in [-0.2, -0.15) is 0 Å². The van der Waals surface area contributed by atoms with Crippen LogP contribution in [0.15, 0.2) is 29.3 Å². The van der Waals surface area contributed by atoms with E-state index in [9.17, 15) is 9.90 Å². The van der Waals surface area contributed by atoms with E-state index in [1.54, 1.807) is 18.2 Å². The second kappa shape index (κ2) is 3.58. The van der Waals surface area contributed by atoms with Crippen LogP contribution in [0.4, 0.5) is 4.79 Å². The molecule has 0 bridgehead atoms. The Morgan fingerprint density at radius 3 is 2.94 bits per heavy atom. The standard InChI is InChI=1S/C11H10N4O2/c16-11(17)15-8-4-2-1-3-7(8)14-10(15)9-12-5-6-13-9/h1-4H,5-6H2,(H,12,13)(H,16,17). The fourth-order valence-corrected chi connectivity index (χ4v) is 1.93. The molecule has 0 fully saturated rings. The van der Waals surface area contributed by atoms with Gasteiger partial charge in [0.15, 0.2) is 11.7 Å². The monoisotopic (exact) mass is 230 g/mol. The van der Waals surface area contributed by atoms with E-state index in [1.807, 2.05) is 6.07 Å². The van der Waals surface area contributed by atoms with E-state index >= 15 is 0 Å². The molecule has 0 amide bonds. The number of fused-ring (bicyclic) bond motifs is 1. The van der Waals surface area contributed by atoms with E-state index in [1.165, 1.54) is 0 Å². The van der Waals surface area contributed by atoms with E-state index in [0.29, 0.717) is 29.2 Å².